The molecule has 0 saturated heterocycles. The van der Waals surface area contributed by atoms with Crippen LogP contribution in [0.5, 0.6) is 0 Å². The van der Waals surface area contributed by atoms with Crippen molar-refractivity contribution in [3.05, 3.63) is 39.7 Å². The quantitative estimate of drug-likeness (QED) is 0.305. The summed E-state index contributed by atoms with van der Waals surface area (Å²) in [7, 11) is 0. The number of non-ortho nitro benzene ring substituents is 1. The Kier molecular flexibility index (Phi) is 4.06. The van der Waals surface area contributed by atoms with Crippen LogP contribution in [-0.4, -0.2) is 22.3 Å². The van der Waals surface area contributed by atoms with Gasteiger partial charge >= 0.3 is 0 Å². The highest BCUT2D eigenvalue weighted by atomic mass is 19.1. The van der Waals surface area contributed by atoms with Crippen LogP contribution in [-0.2, 0) is 0 Å². The number of hydrogen-bond acceptors (Lipinski definition) is 5. The van der Waals surface area contributed by atoms with Gasteiger partial charge in [-0.05, 0) is 6.07 Å². The Morgan fingerprint density at radius 1 is 1.65 bits per heavy atom. The van der Waals surface area contributed by atoms with Crippen molar-refractivity contribution < 1.29 is 14.5 Å². The first-order valence-corrected chi connectivity index (χ1v) is 4.25. The van der Waals surface area contributed by atoms with Gasteiger partial charge in [-0.2, -0.15) is 5.10 Å². The summed E-state index contributed by atoms with van der Waals surface area (Å²) in [6.45, 7) is 0. The monoisotopic (exact) mass is 241 g/mol. The summed E-state index contributed by atoms with van der Waals surface area (Å²) in [5.74, 6) is -1.09. The number of rotatable bonds is 3. The Morgan fingerprint density at radius 3 is 2.94 bits per heavy atom. The maximum Gasteiger partial charge on any atom is 0.270 e. The molecule has 1 aromatic carbocycles. The summed E-state index contributed by atoms with van der Waals surface area (Å²) in [6.07, 6.45) is 0.937. The zero-order valence-corrected chi connectivity index (χ0v) is 8.37. The van der Waals surface area contributed by atoms with E-state index in [-0.39, 0.29) is 11.3 Å². The maximum absolute atomic E-state index is 13.2. The predicted molar refractivity (Wildman–Crippen MR) is 57.2 cm³/mol. The summed E-state index contributed by atoms with van der Waals surface area (Å²) in [5, 5.41) is 25.2. The molecule has 0 unspecified atom stereocenters. The molecule has 0 bridgehead atoms. The van der Waals surface area contributed by atoms with E-state index in [0.717, 1.165) is 24.4 Å². The number of nitro groups is 1. The van der Waals surface area contributed by atoms with E-state index in [1.165, 1.54) is 5.48 Å². The van der Waals surface area contributed by atoms with Gasteiger partial charge in [0.1, 0.15) is 5.82 Å². The Bertz CT molecular complexity index is 488. The van der Waals surface area contributed by atoms with Crippen LogP contribution in [0.2, 0.25) is 0 Å². The molecular formula is C8H8FN5O3. The third-order valence-corrected chi connectivity index (χ3v) is 1.67. The molecular weight excluding hydrogens is 233 g/mol. The molecule has 4 N–H and O–H groups in total. The average Bonchev–Trinajstić information content (AvgIpc) is 2.30. The zero-order chi connectivity index (χ0) is 12.8. The number of benzene rings is 1. The number of nitro benzene ring substituents is 1. The van der Waals surface area contributed by atoms with Crippen molar-refractivity contribution in [1.29, 1.82) is 0 Å². The fraction of sp³-hybridized carbons (Fsp3) is 0. The largest absolute Gasteiger partial charge is 0.367 e. The Morgan fingerprint density at radius 2 is 2.35 bits per heavy atom. The van der Waals surface area contributed by atoms with Crippen molar-refractivity contribution in [1.82, 2.24) is 5.48 Å². The highest BCUT2D eigenvalue weighted by Crippen LogP contribution is 2.15. The van der Waals surface area contributed by atoms with E-state index in [9.17, 15) is 14.5 Å². The van der Waals surface area contributed by atoms with E-state index in [0.29, 0.717) is 0 Å². The molecule has 0 saturated carbocycles. The molecule has 0 amide bonds. The van der Waals surface area contributed by atoms with Gasteiger partial charge < -0.3 is 5.73 Å². The summed E-state index contributed by atoms with van der Waals surface area (Å²) in [4.78, 5) is 9.78. The third kappa shape index (κ3) is 3.50. The maximum atomic E-state index is 13.2. The molecule has 0 aliphatic rings. The molecule has 0 atom stereocenters. The number of hydroxylamine groups is 1. The van der Waals surface area contributed by atoms with E-state index in [4.69, 9.17) is 10.9 Å². The fourth-order valence-electron chi connectivity index (χ4n) is 0.919. The molecule has 9 heteroatoms. The van der Waals surface area contributed by atoms with Gasteiger partial charge in [0.25, 0.3) is 5.69 Å². The Hall–Kier alpha value is -2.55. The Labute approximate surface area is 94.4 Å². The molecule has 90 valence electrons. The molecule has 0 aliphatic carbocycles. The second-order valence-electron chi connectivity index (χ2n) is 2.80. The topological polar surface area (TPSA) is 126 Å². The smallest absolute Gasteiger partial charge is 0.270 e. The van der Waals surface area contributed by atoms with E-state index >= 15 is 0 Å². The summed E-state index contributed by atoms with van der Waals surface area (Å²) >= 11 is 0. The summed E-state index contributed by atoms with van der Waals surface area (Å²) in [5.41, 5.74) is 6.14. The number of hydrogen-bond donors (Lipinski definition) is 3. The molecule has 0 aromatic heterocycles. The molecule has 1 aromatic rings. The van der Waals surface area contributed by atoms with Crippen LogP contribution in [0.4, 0.5) is 10.1 Å². The van der Waals surface area contributed by atoms with Crippen LogP contribution in [0.15, 0.2) is 28.4 Å². The van der Waals surface area contributed by atoms with Gasteiger partial charge in [0.2, 0.25) is 5.96 Å². The molecule has 17 heavy (non-hydrogen) atoms. The minimum absolute atomic E-state index is 0.117. The highest BCUT2D eigenvalue weighted by molar-refractivity contribution is 5.82. The van der Waals surface area contributed by atoms with Crippen LogP contribution >= 0.6 is 0 Å². The van der Waals surface area contributed by atoms with Crippen LogP contribution in [0, 0.1) is 15.9 Å². The van der Waals surface area contributed by atoms with Gasteiger partial charge in [-0.3, -0.25) is 15.3 Å². The summed E-state index contributed by atoms with van der Waals surface area (Å²) in [6, 6.07) is 2.97. The van der Waals surface area contributed by atoms with Gasteiger partial charge in [-0.25, -0.2) is 9.87 Å². The van der Waals surface area contributed by atoms with Crippen molar-refractivity contribution in [2.45, 2.75) is 0 Å². The van der Waals surface area contributed by atoms with E-state index in [1.54, 1.807) is 0 Å². The summed E-state index contributed by atoms with van der Waals surface area (Å²) < 4.78 is 13.2. The lowest BCUT2D eigenvalue weighted by molar-refractivity contribution is -0.384. The second kappa shape index (κ2) is 5.51. The minimum atomic E-state index is -0.690. The standard InChI is InChI=1S/C8H8FN5O3/c9-7-2-1-6(14(16)17)3-5(7)4-11-12-8(10)13-15/h1-4,15H,(H3,10,12,13)/b11-4+. The van der Waals surface area contributed by atoms with Crippen molar-refractivity contribution in [3.8, 4) is 0 Å². The first kappa shape index (κ1) is 12.5. The molecule has 0 radical (unpaired) electrons. The zero-order valence-electron chi connectivity index (χ0n) is 8.37. The lowest BCUT2D eigenvalue weighted by Gasteiger charge is -1.96. The van der Waals surface area contributed by atoms with Crippen molar-refractivity contribution in [2.24, 2.45) is 15.9 Å². The van der Waals surface area contributed by atoms with Gasteiger partial charge in [-0.1, -0.05) is 0 Å². The van der Waals surface area contributed by atoms with Gasteiger partial charge in [0.15, 0.2) is 0 Å². The normalized spacial score (nSPS) is 11.8. The molecule has 1 rings (SSSR count). The average molecular weight is 241 g/mol. The molecule has 0 spiro atoms. The Balaban J connectivity index is 2.98. The van der Waals surface area contributed by atoms with Gasteiger partial charge in [0.05, 0.1) is 11.1 Å². The first-order valence-electron chi connectivity index (χ1n) is 4.25. The number of nitrogens with two attached hydrogens (primary N) is 1. The van der Waals surface area contributed by atoms with Crippen LogP contribution in [0.1, 0.15) is 5.56 Å². The van der Waals surface area contributed by atoms with Crippen LogP contribution < -0.4 is 11.2 Å². The molecule has 0 fully saturated rings. The molecule has 8 nitrogen and oxygen atoms in total. The minimum Gasteiger partial charge on any atom is -0.367 e. The first-order chi connectivity index (χ1) is 8.04. The van der Waals surface area contributed by atoms with Gasteiger partial charge in [-0.15, -0.1) is 5.10 Å². The predicted octanol–water partition coefficient (Wildman–Crippen LogP) is 0.361. The lowest BCUT2D eigenvalue weighted by Crippen LogP contribution is -2.27. The second-order valence-corrected chi connectivity index (χ2v) is 2.80. The lowest BCUT2D eigenvalue weighted by atomic mass is 10.2. The number of nitrogens with zero attached hydrogens (tertiary/aromatic N) is 3. The SMILES string of the molecule is NC(=N/N=C/c1cc([N+](=O)[O-])ccc1F)NO. The van der Waals surface area contributed by atoms with Gasteiger partial charge in [0, 0.05) is 17.7 Å². The number of guanidine groups is 1. The fourth-order valence-corrected chi connectivity index (χ4v) is 0.919. The highest BCUT2D eigenvalue weighted by Gasteiger charge is 2.08. The van der Waals surface area contributed by atoms with Crippen molar-refractivity contribution in [2.75, 3.05) is 0 Å². The van der Waals surface area contributed by atoms with Crippen LogP contribution in [0.25, 0.3) is 0 Å². The van der Waals surface area contributed by atoms with Crippen molar-refractivity contribution >= 4 is 17.9 Å². The van der Waals surface area contributed by atoms with E-state index in [2.05, 4.69) is 10.2 Å². The van der Waals surface area contributed by atoms with Crippen molar-refractivity contribution in [3.63, 3.8) is 0 Å². The number of nitrogens with one attached hydrogen (secondary N) is 1. The van der Waals surface area contributed by atoms with Crippen LogP contribution in [0.3, 0.4) is 0 Å². The van der Waals surface area contributed by atoms with E-state index < -0.39 is 16.7 Å². The molecule has 0 heterocycles. The third-order valence-electron chi connectivity index (χ3n) is 1.67. The molecule has 0 aliphatic heterocycles. The number of halogens is 1. The van der Waals surface area contributed by atoms with E-state index in [1.807, 2.05) is 0 Å².